The summed E-state index contributed by atoms with van der Waals surface area (Å²) in [6, 6.07) is 11.6. The van der Waals surface area contributed by atoms with Crippen LogP contribution in [-0.2, 0) is 11.3 Å². The first kappa shape index (κ1) is 21.5. The van der Waals surface area contributed by atoms with Crippen LogP contribution in [0.4, 0.5) is 14.5 Å². The molecular weight excluding hydrogens is 394 g/mol. The second-order valence-corrected chi connectivity index (χ2v) is 6.95. The first-order valence-electron chi connectivity index (χ1n) is 9.75. The third kappa shape index (κ3) is 5.06. The van der Waals surface area contributed by atoms with Gasteiger partial charge >= 0.3 is 6.61 Å². The quantitative estimate of drug-likeness (QED) is 0.648. The molecule has 30 heavy (non-hydrogen) atoms. The van der Waals surface area contributed by atoms with Crippen molar-refractivity contribution in [3.8, 4) is 11.5 Å². The van der Waals surface area contributed by atoms with Crippen molar-refractivity contribution >= 4 is 17.5 Å². The Morgan fingerprint density at radius 2 is 1.90 bits per heavy atom. The van der Waals surface area contributed by atoms with Gasteiger partial charge in [-0.2, -0.15) is 8.78 Å². The fraction of sp³-hybridized carbons (Fsp3) is 0.364. The third-order valence-electron chi connectivity index (χ3n) is 4.79. The maximum Gasteiger partial charge on any atom is 0.387 e. The summed E-state index contributed by atoms with van der Waals surface area (Å²) >= 11 is 0. The highest BCUT2D eigenvalue weighted by Crippen LogP contribution is 2.30. The van der Waals surface area contributed by atoms with Gasteiger partial charge in [0, 0.05) is 37.8 Å². The van der Waals surface area contributed by atoms with Crippen LogP contribution in [0.3, 0.4) is 0 Å². The Morgan fingerprint density at radius 1 is 1.17 bits per heavy atom. The number of hydrogen-bond acceptors (Lipinski definition) is 4. The van der Waals surface area contributed by atoms with Crippen molar-refractivity contribution in [3.63, 3.8) is 0 Å². The van der Waals surface area contributed by atoms with Gasteiger partial charge in [-0.25, -0.2) is 0 Å². The number of nitrogens with zero attached hydrogens (tertiary/aromatic N) is 2. The van der Waals surface area contributed by atoms with E-state index < -0.39 is 6.61 Å². The van der Waals surface area contributed by atoms with E-state index in [1.54, 1.807) is 55.3 Å². The zero-order chi connectivity index (χ0) is 21.7. The van der Waals surface area contributed by atoms with E-state index in [9.17, 15) is 18.4 Å². The number of carbonyl (C=O) groups is 2. The van der Waals surface area contributed by atoms with Gasteiger partial charge in [0.1, 0.15) is 0 Å². The van der Waals surface area contributed by atoms with Crippen LogP contribution in [0.2, 0.25) is 0 Å². The second kappa shape index (κ2) is 9.56. The second-order valence-electron chi connectivity index (χ2n) is 6.95. The van der Waals surface area contributed by atoms with Crippen LogP contribution in [0.25, 0.3) is 0 Å². The first-order chi connectivity index (χ1) is 14.4. The van der Waals surface area contributed by atoms with Crippen molar-refractivity contribution in [2.24, 2.45) is 0 Å². The van der Waals surface area contributed by atoms with Crippen LogP contribution >= 0.6 is 0 Å². The molecule has 0 N–H and O–H groups in total. The topological polar surface area (TPSA) is 59.1 Å². The van der Waals surface area contributed by atoms with Gasteiger partial charge in [0.25, 0.3) is 5.91 Å². The maximum absolute atomic E-state index is 12.8. The third-order valence-corrected chi connectivity index (χ3v) is 4.79. The van der Waals surface area contributed by atoms with E-state index in [0.29, 0.717) is 25.1 Å². The lowest BCUT2D eigenvalue weighted by molar-refractivity contribution is -0.117. The maximum atomic E-state index is 12.8. The Kier molecular flexibility index (Phi) is 6.87. The minimum Gasteiger partial charge on any atom is -0.490 e. The molecule has 0 spiro atoms. The molecule has 1 fully saturated rings. The molecule has 0 bridgehead atoms. The zero-order valence-corrected chi connectivity index (χ0v) is 16.9. The Balaban J connectivity index is 1.69. The summed E-state index contributed by atoms with van der Waals surface area (Å²) in [4.78, 5) is 27.9. The molecule has 0 aromatic heterocycles. The largest absolute Gasteiger partial charge is 0.490 e. The minimum absolute atomic E-state index is 0.0448. The van der Waals surface area contributed by atoms with Gasteiger partial charge in [-0.3, -0.25) is 9.59 Å². The lowest BCUT2D eigenvalue weighted by Gasteiger charge is -2.20. The number of carbonyl (C=O) groups excluding carboxylic acids is 2. The molecule has 0 aliphatic carbocycles. The molecule has 6 nitrogen and oxygen atoms in total. The average Bonchev–Trinajstić information content (AvgIpc) is 3.15. The molecule has 1 aliphatic heterocycles. The highest BCUT2D eigenvalue weighted by atomic mass is 19.3. The summed E-state index contributed by atoms with van der Waals surface area (Å²) in [5.41, 5.74) is 2.00. The first-order valence-corrected chi connectivity index (χ1v) is 9.75. The molecule has 2 aromatic rings. The molecule has 160 valence electrons. The SMILES string of the molecule is CCOc1cc(CN(C)C(=O)c2ccc(N3CCCC3=O)cc2)ccc1OC(F)F. The van der Waals surface area contributed by atoms with Crippen LogP contribution in [-0.4, -0.2) is 43.5 Å². The van der Waals surface area contributed by atoms with Crippen molar-refractivity contribution in [2.45, 2.75) is 32.9 Å². The Hall–Kier alpha value is -3.16. The number of anilines is 1. The summed E-state index contributed by atoms with van der Waals surface area (Å²) in [6.07, 6.45) is 1.39. The van der Waals surface area contributed by atoms with E-state index in [-0.39, 0.29) is 29.9 Å². The Morgan fingerprint density at radius 3 is 2.50 bits per heavy atom. The van der Waals surface area contributed by atoms with Gasteiger partial charge in [-0.05, 0) is 55.3 Å². The van der Waals surface area contributed by atoms with Crippen molar-refractivity contribution < 1.29 is 27.8 Å². The van der Waals surface area contributed by atoms with E-state index in [4.69, 9.17) is 4.74 Å². The zero-order valence-electron chi connectivity index (χ0n) is 16.9. The van der Waals surface area contributed by atoms with E-state index in [2.05, 4.69) is 4.74 Å². The smallest absolute Gasteiger partial charge is 0.387 e. The molecule has 0 saturated carbocycles. The molecule has 8 heteroatoms. The van der Waals surface area contributed by atoms with Gasteiger partial charge in [0.15, 0.2) is 11.5 Å². The number of ether oxygens (including phenoxy) is 2. The summed E-state index contributed by atoms with van der Waals surface area (Å²) in [5.74, 6) is 0.0585. The summed E-state index contributed by atoms with van der Waals surface area (Å²) < 4.78 is 34.9. The van der Waals surface area contributed by atoms with Crippen molar-refractivity contribution in [1.82, 2.24) is 4.90 Å². The van der Waals surface area contributed by atoms with Gasteiger partial charge < -0.3 is 19.3 Å². The fourth-order valence-electron chi connectivity index (χ4n) is 3.38. The number of halogens is 2. The fourth-order valence-corrected chi connectivity index (χ4v) is 3.38. The van der Waals surface area contributed by atoms with Gasteiger partial charge in [-0.1, -0.05) is 6.07 Å². The summed E-state index contributed by atoms with van der Waals surface area (Å²) in [5, 5.41) is 0. The number of alkyl halides is 2. The molecule has 1 heterocycles. The molecule has 0 unspecified atom stereocenters. The van der Waals surface area contributed by atoms with Crippen molar-refractivity contribution in [3.05, 3.63) is 53.6 Å². The van der Waals surface area contributed by atoms with Crippen molar-refractivity contribution in [1.29, 1.82) is 0 Å². The predicted octanol–water partition coefficient (Wildman–Crippen LogP) is 4.09. The van der Waals surface area contributed by atoms with Gasteiger partial charge in [0.2, 0.25) is 5.91 Å². The Bertz CT molecular complexity index is 903. The lowest BCUT2D eigenvalue weighted by Crippen LogP contribution is -2.27. The molecule has 1 aliphatic rings. The number of hydrogen-bond donors (Lipinski definition) is 0. The minimum atomic E-state index is -2.95. The molecule has 3 rings (SSSR count). The van der Waals surface area contributed by atoms with Crippen LogP contribution in [0.1, 0.15) is 35.7 Å². The van der Waals surface area contributed by atoms with E-state index in [1.807, 2.05) is 0 Å². The highest BCUT2D eigenvalue weighted by Gasteiger charge is 2.22. The molecule has 2 aromatic carbocycles. The van der Waals surface area contributed by atoms with Crippen LogP contribution in [0, 0.1) is 0 Å². The lowest BCUT2D eigenvalue weighted by atomic mass is 10.1. The molecule has 1 saturated heterocycles. The number of rotatable bonds is 8. The van der Waals surface area contributed by atoms with E-state index >= 15 is 0 Å². The molecular formula is C22H24F2N2O4. The van der Waals surface area contributed by atoms with Gasteiger partial charge in [0.05, 0.1) is 6.61 Å². The molecule has 0 atom stereocenters. The monoisotopic (exact) mass is 418 g/mol. The highest BCUT2D eigenvalue weighted by molar-refractivity contribution is 5.97. The van der Waals surface area contributed by atoms with E-state index in [0.717, 1.165) is 17.7 Å². The number of benzene rings is 2. The average molecular weight is 418 g/mol. The van der Waals surface area contributed by atoms with Crippen molar-refractivity contribution in [2.75, 3.05) is 25.1 Å². The molecule has 0 radical (unpaired) electrons. The van der Waals surface area contributed by atoms with E-state index in [1.165, 1.54) is 11.0 Å². The number of amides is 2. The summed E-state index contributed by atoms with van der Waals surface area (Å²) in [7, 11) is 1.66. The Labute approximate surface area is 174 Å². The normalized spacial score (nSPS) is 13.6. The van der Waals surface area contributed by atoms with Gasteiger partial charge in [-0.15, -0.1) is 0 Å². The standard InChI is InChI=1S/C22H24F2N2O4/c1-3-29-19-13-15(6-11-18(19)30-22(23)24)14-25(2)21(28)16-7-9-17(10-8-16)26-12-4-5-20(26)27/h6-11,13,22H,3-5,12,14H2,1-2H3. The van der Waals surface area contributed by atoms with Crippen LogP contribution in [0.5, 0.6) is 11.5 Å². The van der Waals surface area contributed by atoms with Crippen LogP contribution < -0.4 is 14.4 Å². The molecule has 2 amide bonds. The summed E-state index contributed by atoms with van der Waals surface area (Å²) in [6.45, 7) is 0.0511. The predicted molar refractivity (Wildman–Crippen MR) is 108 cm³/mol. The van der Waals surface area contributed by atoms with Crippen LogP contribution in [0.15, 0.2) is 42.5 Å².